The van der Waals surface area contributed by atoms with Crippen molar-refractivity contribution in [1.29, 1.82) is 0 Å². The van der Waals surface area contributed by atoms with Gasteiger partial charge in [-0.2, -0.15) is 13.2 Å². The first-order chi connectivity index (χ1) is 18.3. The predicted molar refractivity (Wildman–Crippen MR) is 140 cm³/mol. The van der Waals surface area contributed by atoms with Crippen LogP contribution in [0.3, 0.4) is 0 Å². The number of hydrogen-bond acceptors (Lipinski definition) is 5. The highest BCUT2D eigenvalue weighted by Crippen LogP contribution is 2.41. The summed E-state index contributed by atoms with van der Waals surface area (Å²) >= 11 is 6.78. The molecule has 5 atom stereocenters. The monoisotopic (exact) mass is 558 g/mol. The van der Waals surface area contributed by atoms with E-state index in [1.165, 1.54) is 6.07 Å². The van der Waals surface area contributed by atoms with Crippen molar-refractivity contribution in [2.75, 3.05) is 19.8 Å². The average Bonchev–Trinajstić information content (AvgIpc) is 3.18. The predicted octanol–water partition coefficient (Wildman–Crippen LogP) is 7.22. The lowest BCUT2D eigenvalue weighted by Gasteiger charge is -2.30. The fraction of sp³-hybridized carbons (Fsp3) is 0.621. The highest BCUT2D eigenvalue weighted by Gasteiger charge is 2.43. The maximum atomic E-state index is 13.1. The van der Waals surface area contributed by atoms with Gasteiger partial charge in [-0.3, -0.25) is 4.79 Å². The van der Waals surface area contributed by atoms with Crippen LogP contribution in [0.2, 0.25) is 0 Å². The molecule has 0 amide bonds. The molecule has 1 aliphatic heterocycles. The molecule has 1 saturated carbocycles. The molecular weight excluding hydrogens is 521 g/mol. The Labute approximate surface area is 228 Å². The van der Waals surface area contributed by atoms with Gasteiger partial charge in [0.1, 0.15) is 6.61 Å². The van der Waals surface area contributed by atoms with Gasteiger partial charge < -0.3 is 18.9 Å². The van der Waals surface area contributed by atoms with Crippen molar-refractivity contribution in [3.63, 3.8) is 0 Å². The summed E-state index contributed by atoms with van der Waals surface area (Å²) in [6, 6.07) is 5.20. The minimum absolute atomic E-state index is 0.0210. The first-order valence-corrected chi connectivity index (χ1v) is 13.8. The van der Waals surface area contributed by atoms with E-state index >= 15 is 0 Å². The van der Waals surface area contributed by atoms with E-state index in [0.717, 1.165) is 44.2 Å². The van der Waals surface area contributed by atoms with Crippen LogP contribution in [-0.2, 0) is 36.5 Å². The van der Waals surface area contributed by atoms with Crippen LogP contribution in [0.4, 0.5) is 13.2 Å². The summed E-state index contributed by atoms with van der Waals surface area (Å²) in [6.07, 6.45) is 6.92. The second-order valence-corrected chi connectivity index (χ2v) is 10.4. The smallest absolute Gasteiger partial charge is 0.416 e. The Morgan fingerprint density at radius 3 is 2.79 bits per heavy atom. The number of benzene rings is 1. The Morgan fingerprint density at radius 1 is 1.21 bits per heavy atom. The second kappa shape index (κ2) is 15.7. The summed E-state index contributed by atoms with van der Waals surface area (Å²) in [7, 11) is 0. The molecular formula is C29H38ClF3O5. The third-order valence-electron chi connectivity index (χ3n) is 6.94. The topological polar surface area (TPSA) is 54.0 Å². The zero-order valence-corrected chi connectivity index (χ0v) is 22.4. The van der Waals surface area contributed by atoms with Gasteiger partial charge in [0.15, 0.2) is 6.29 Å². The Balaban J connectivity index is 1.56. The van der Waals surface area contributed by atoms with Crippen molar-refractivity contribution in [3.8, 4) is 0 Å². The highest BCUT2D eigenvalue weighted by atomic mass is 35.5. The summed E-state index contributed by atoms with van der Waals surface area (Å²) in [4.78, 5) is 11.6. The number of alkyl halides is 4. The lowest BCUT2D eigenvalue weighted by molar-refractivity contribution is -0.199. The van der Waals surface area contributed by atoms with E-state index in [1.54, 1.807) is 12.1 Å². The van der Waals surface area contributed by atoms with Gasteiger partial charge in [-0.1, -0.05) is 36.9 Å². The Kier molecular flexibility index (Phi) is 12.6. The minimum atomic E-state index is -4.39. The van der Waals surface area contributed by atoms with E-state index in [9.17, 15) is 18.0 Å². The molecule has 1 unspecified atom stereocenters. The maximum Gasteiger partial charge on any atom is 0.416 e. The molecule has 0 bridgehead atoms. The van der Waals surface area contributed by atoms with Crippen LogP contribution in [0.1, 0.15) is 62.5 Å². The van der Waals surface area contributed by atoms with Crippen molar-refractivity contribution in [3.05, 3.63) is 60.2 Å². The number of esters is 1. The van der Waals surface area contributed by atoms with Gasteiger partial charge in [-0.25, -0.2) is 0 Å². The third-order valence-corrected chi connectivity index (χ3v) is 7.44. The van der Waals surface area contributed by atoms with Crippen LogP contribution in [0.15, 0.2) is 49.1 Å². The second-order valence-electron chi connectivity index (χ2n) is 9.83. The van der Waals surface area contributed by atoms with Gasteiger partial charge in [-0.05, 0) is 68.6 Å². The van der Waals surface area contributed by atoms with Crippen LogP contribution in [0.25, 0.3) is 0 Å². The standard InChI is InChI=1S/C29H38ClF3O5/c1-2-15-36-27(34)13-6-4-3-5-12-23-24(26(18-25(23)30)38-28-14-7-8-16-37-28)20-35-19-21-10-9-11-22(17-21)29(31,32)33/h2-3,5,9-11,17,23-26,28H,1,4,6-8,12-16,18-20H2/b5-3-/t23-,24-,25-,26-,28?/m1/s1. The number of allylic oxidation sites excluding steroid dienone is 2. The van der Waals surface area contributed by atoms with E-state index in [1.807, 2.05) is 6.08 Å². The fourth-order valence-electron chi connectivity index (χ4n) is 4.95. The van der Waals surface area contributed by atoms with Crippen molar-refractivity contribution in [1.82, 2.24) is 0 Å². The molecule has 1 aromatic carbocycles. The van der Waals surface area contributed by atoms with Gasteiger partial charge in [0.2, 0.25) is 0 Å². The Hall–Kier alpha value is -1.87. The number of carbonyl (C=O) groups is 1. The number of unbranched alkanes of at least 4 members (excludes halogenated alkanes) is 1. The van der Waals surface area contributed by atoms with Gasteiger partial charge in [0.05, 0.1) is 24.9 Å². The molecule has 3 rings (SSSR count). The quantitative estimate of drug-likeness (QED) is 0.104. The first kappa shape index (κ1) is 30.7. The van der Waals surface area contributed by atoms with Crippen LogP contribution < -0.4 is 0 Å². The van der Waals surface area contributed by atoms with Crippen LogP contribution in [0, 0.1) is 11.8 Å². The summed E-state index contributed by atoms with van der Waals surface area (Å²) in [5.41, 5.74) is -0.218. The van der Waals surface area contributed by atoms with Gasteiger partial charge >= 0.3 is 12.1 Å². The molecule has 0 aromatic heterocycles. The maximum absolute atomic E-state index is 13.1. The number of carbonyl (C=O) groups excluding carboxylic acids is 1. The Bertz CT molecular complexity index is 900. The number of hydrogen-bond donors (Lipinski definition) is 0. The zero-order chi connectivity index (χ0) is 27.4. The van der Waals surface area contributed by atoms with Crippen molar-refractivity contribution in [2.45, 2.75) is 81.9 Å². The molecule has 1 heterocycles. The van der Waals surface area contributed by atoms with Gasteiger partial charge in [0, 0.05) is 24.3 Å². The normalized spacial score (nSPS) is 26.1. The fourth-order valence-corrected chi connectivity index (χ4v) is 5.41. The molecule has 38 heavy (non-hydrogen) atoms. The number of ether oxygens (including phenoxy) is 4. The third kappa shape index (κ3) is 10.0. The molecule has 1 aliphatic carbocycles. The molecule has 0 N–H and O–H groups in total. The SMILES string of the molecule is C=CCOC(=O)CCC/C=C\C[C@@H]1[C@@H](COCc2cccc(C(F)(F)F)c2)[C@H](OC2CCCCO2)C[C@H]1Cl. The first-order valence-electron chi connectivity index (χ1n) is 13.3. The Morgan fingerprint density at radius 2 is 2.05 bits per heavy atom. The van der Waals surface area contributed by atoms with E-state index < -0.39 is 11.7 Å². The van der Waals surface area contributed by atoms with Gasteiger partial charge in [0.25, 0.3) is 0 Å². The number of rotatable bonds is 14. The molecule has 212 valence electrons. The summed E-state index contributed by atoms with van der Waals surface area (Å²) < 4.78 is 62.2. The molecule has 9 heteroatoms. The lowest BCUT2D eigenvalue weighted by atomic mass is 9.91. The lowest BCUT2D eigenvalue weighted by Crippen LogP contribution is -2.33. The van der Waals surface area contributed by atoms with E-state index in [-0.39, 0.29) is 48.8 Å². The average molecular weight is 559 g/mol. The molecule has 5 nitrogen and oxygen atoms in total. The number of halogens is 4. The van der Waals surface area contributed by atoms with E-state index in [2.05, 4.69) is 12.7 Å². The minimum Gasteiger partial charge on any atom is -0.461 e. The largest absolute Gasteiger partial charge is 0.461 e. The van der Waals surface area contributed by atoms with E-state index in [4.69, 9.17) is 30.5 Å². The van der Waals surface area contributed by atoms with Gasteiger partial charge in [-0.15, -0.1) is 11.6 Å². The molecule has 1 aromatic rings. The van der Waals surface area contributed by atoms with E-state index in [0.29, 0.717) is 38.0 Å². The van der Waals surface area contributed by atoms with Crippen molar-refractivity contribution >= 4 is 17.6 Å². The summed E-state index contributed by atoms with van der Waals surface area (Å²) in [5.74, 6) is -0.175. The van der Waals surface area contributed by atoms with Crippen molar-refractivity contribution in [2.24, 2.45) is 11.8 Å². The highest BCUT2D eigenvalue weighted by molar-refractivity contribution is 6.21. The molecule has 0 spiro atoms. The molecule has 0 radical (unpaired) electrons. The molecule has 2 aliphatic rings. The molecule has 1 saturated heterocycles. The van der Waals surface area contributed by atoms with Crippen LogP contribution >= 0.6 is 11.6 Å². The van der Waals surface area contributed by atoms with Crippen LogP contribution in [-0.4, -0.2) is 43.6 Å². The summed E-state index contributed by atoms with van der Waals surface area (Å²) in [5, 5.41) is -0.121. The van der Waals surface area contributed by atoms with Crippen molar-refractivity contribution < 1.29 is 36.9 Å². The molecule has 2 fully saturated rings. The van der Waals surface area contributed by atoms with Crippen LogP contribution in [0.5, 0.6) is 0 Å². The summed E-state index contributed by atoms with van der Waals surface area (Å²) in [6.45, 7) is 4.81. The zero-order valence-electron chi connectivity index (χ0n) is 21.7.